The van der Waals surface area contributed by atoms with Gasteiger partial charge in [-0.15, -0.1) is 0 Å². The summed E-state index contributed by atoms with van der Waals surface area (Å²) in [4.78, 5) is 16.5. The molecule has 1 unspecified atom stereocenters. The maximum Gasteiger partial charge on any atom is 0.414 e. The Hall–Kier alpha value is -2.78. The van der Waals surface area contributed by atoms with E-state index in [2.05, 4.69) is 0 Å². The lowest BCUT2D eigenvalue weighted by Crippen LogP contribution is -2.53. The molecule has 9 heteroatoms. The summed E-state index contributed by atoms with van der Waals surface area (Å²) in [6, 6.07) is 11.5. The van der Waals surface area contributed by atoms with Crippen LogP contribution in [0.25, 0.3) is 11.1 Å². The number of nitrogens with zero attached hydrogens (tertiary/aromatic N) is 3. The van der Waals surface area contributed by atoms with Crippen LogP contribution in [0.5, 0.6) is 0 Å². The molecule has 34 heavy (non-hydrogen) atoms. The standard InChI is InChI=1S/C25H33N3O5S/c1-16(2)33-25(30)26-15-17(3)28(18(4)29)23-11-9-20(14-24(23)26)19-8-10-22-21(13-19)7-6-12-27(22)34(5,31)32/h8-11,13-14,16-18,29H,6-7,12,15H2,1-5H3/t17-,18?/m0/s1. The second-order valence-corrected chi connectivity index (χ2v) is 11.3. The van der Waals surface area contributed by atoms with E-state index >= 15 is 0 Å². The molecule has 184 valence electrons. The summed E-state index contributed by atoms with van der Waals surface area (Å²) in [5, 5.41) is 10.4. The SMILES string of the molecule is CC(C)OC(=O)N1C[C@H](C)N(C(C)O)c2ccc(-c3ccc4c(c3)CCCN4S(C)(=O)=O)cc21. The molecule has 2 aromatic rings. The zero-order chi connectivity index (χ0) is 24.8. The van der Waals surface area contributed by atoms with Gasteiger partial charge >= 0.3 is 6.09 Å². The van der Waals surface area contributed by atoms with Crippen molar-refractivity contribution in [3.8, 4) is 11.1 Å². The molecule has 0 fully saturated rings. The van der Waals surface area contributed by atoms with Crippen LogP contribution in [0.1, 0.15) is 39.7 Å². The van der Waals surface area contributed by atoms with Gasteiger partial charge in [0.1, 0.15) is 6.23 Å². The number of carbonyl (C=O) groups excluding carboxylic acids is 1. The summed E-state index contributed by atoms with van der Waals surface area (Å²) < 4.78 is 31.4. The van der Waals surface area contributed by atoms with E-state index < -0.39 is 22.3 Å². The van der Waals surface area contributed by atoms with Crippen molar-refractivity contribution in [1.82, 2.24) is 0 Å². The quantitative estimate of drug-likeness (QED) is 0.702. The van der Waals surface area contributed by atoms with Crippen molar-refractivity contribution in [3.63, 3.8) is 0 Å². The Bertz CT molecular complexity index is 1200. The van der Waals surface area contributed by atoms with Gasteiger partial charge in [0, 0.05) is 19.1 Å². The number of amides is 1. The van der Waals surface area contributed by atoms with Crippen LogP contribution in [0, 0.1) is 0 Å². The molecule has 8 nitrogen and oxygen atoms in total. The topological polar surface area (TPSA) is 90.4 Å². The summed E-state index contributed by atoms with van der Waals surface area (Å²) in [5.74, 6) is 0. The Labute approximate surface area is 201 Å². The number of sulfonamides is 1. The molecule has 0 aromatic heterocycles. The molecular formula is C25H33N3O5S. The second kappa shape index (κ2) is 9.11. The van der Waals surface area contributed by atoms with Gasteiger partial charge < -0.3 is 14.7 Å². The summed E-state index contributed by atoms with van der Waals surface area (Å²) >= 11 is 0. The zero-order valence-electron chi connectivity index (χ0n) is 20.4. The van der Waals surface area contributed by atoms with Crippen LogP contribution in [0.15, 0.2) is 36.4 Å². The molecule has 2 aromatic carbocycles. The van der Waals surface area contributed by atoms with E-state index in [1.54, 1.807) is 11.8 Å². The largest absolute Gasteiger partial charge is 0.446 e. The number of aliphatic hydroxyl groups is 1. The van der Waals surface area contributed by atoms with E-state index in [1.165, 1.54) is 10.6 Å². The Kier molecular flexibility index (Phi) is 6.52. The minimum atomic E-state index is -3.33. The van der Waals surface area contributed by atoms with E-state index in [9.17, 15) is 18.3 Å². The van der Waals surface area contributed by atoms with Crippen LogP contribution >= 0.6 is 0 Å². The highest BCUT2D eigenvalue weighted by Crippen LogP contribution is 2.41. The van der Waals surface area contributed by atoms with Gasteiger partial charge in [0.15, 0.2) is 0 Å². The molecule has 0 radical (unpaired) electrons. The molecule has 2 heterocycles. The van der Waals surface area contributed by atoms with Crippen molar-refractivity contribution in [2.75, 3.05) is 33.5 Å². The van der Waals surface area contributed by atoms with Crippen molar-refractivity contribution in [2.45, 2.75) is 58.9 Å². The van der Waals surface area contributed by atoms with Gasteiger partial charge in [0.05, 0.1) is 29.4 Å². The van der Waals surface area contributed by atoms with Crippen LogP contribution in [-0.4, -0.2) is 57.3 Å². The molecule has 0 spiro atoms. The zero-order valence-corrected chi connectivity index (χ0v) is 21.2. The average Bonchev–Trinajstić information content (AvgIpc) is 2.76. The average molecular weight is 488 g/mol. The number of rotatable bonds is 4. The molecule has 0 aliphatic carbocycles. The van der Waals surface area contributed by atoms with Crippen LogP contribution in [0.2, 0.25) is 0 Å². The number of benzene rings is 2. The maximum absolute atomic E-state index is 12.9. The number of fused-ring (bicyclic) bond motifs is 2. The number of ether oxygens (including phenoxy) is 1. The fourth-order valence-electron chi connectivity index (χ4n) is 4.92. The van der Waals surface area contributed by atoms with Crippen molar-refractivity contribution < 1.29 is 23.1 Å². The Morgan fingerprint density at radius 1 is 1.06 bits per heavy atom. The first-order valence-corrected chi connectivity index (χ1v) is 13.5. The fraction of sp³-hybridized carbons (Fsp3) is 0.480. The fourth-order valence-corrected chi connectivity index (χ4v) is 5.92. The van der Waals surface area contributed by atoms with Crippen LogP contribution in [0.3, 0.4) is 0 Å². The number of aryl methyl sites for hydroxylation is 1. The lowest BCUT2D eigenvalue weighted by molar-refractivity contribution is 0.120. The number of aliphatic hydroxyl groups excluding tert-OH is 1. The molecule has 0 saturated heterocycles. The molecule has 1 N–H and O–H groups in total. The van der Waals surface area contributed by atoms with Gasteiger partial charge in [-0.3, -0.25) is 9.21 Å². The minimum Gasteiger partial charge on any atom is -0.446 e. The maximum atomic E-state index is 12.9. The number of carbonyl (C=O) groups is 1. The lowest BCUT2D eigenvalue weighted by Gasteiger charge is -2.43. The Balaban J connectivity index is 1.78. The molecule has 2 atom stereocenters. The summed E-state index contributed by atoms with van der Waals surface area (Å²) in [6.07, 6.45) is 1.43. The minimum absolute atomic E-state index is 0.0937. The predicted molar refractivity (Wildman–Crippen MR) is 135 cm³/mol. The highest BCUT2D eigenvalue weighted by atomic mass is 32.2. The molecule has 0 bridgehead atoms. The first-order valence-electron chi connectivity index (χ1n) is 11.7. The predicted octanol–water partition coefficient (Wildman–Crippen LogP) is 3.96. The number of hydrogen-bond acceptors (Lipinski definition) is 6. The first kappa shape index (κ1) is 24.3. The molecule has 0 saturated carbocycles. The van der Waals surface area contributed by atoms with E-state index in [-0.39, 0.29) is 12.1 Å². The van der Waals surface area contributed by atoms with Crippen molar-refractivity contribution >= 4 is 33.2 Å². The van der Waals surface area contributed by atoms with E-state index in [0.29, 0.717) is 18.8 Å². The first-order chi connectivity index (χ1) is 16.0. The molecular weight excluding hydrogens is 454 g/mol. The Morgan fingerprint density at radius 2 is 1.71 bits per heavy atom. The van der Waals surface area contributed by atoms with E-state index in [0.717, 1.165) is 40.9 Å². The van der Waals surface area contributed by atoms with Crippen molar-refractivity contribution in [3.05, 3.63) is 42.0 Å². The molecule has 2 aliphatic rings. The highest BCUT2D eigenvalue weighted by Gasteiger charge is 2.35. The third-order valence-corrected chi connectivity index (χ3v) is 7.49. The van der Waals surface area contributed by atoms with Gasteiger partial charge in [-0.2, -0.15) is 0 Å². The van der Waals surface area contributed by atoms with Gasteiger partial charge in [0.2, 0.25) is 10.0 Å². The summed E-state index contributed by atoms with van der Waals surface area (Å²) in [5.41, 5.74) is 5.00. The van der Waals surface area contributed by atoms with Gasteiger partial charge in [-0.1, -0.05) is 12.1 Å². The van der Waals surface area contributed by atoms with Gasteiger partial charge in [-0.25, -0.2) is 13.2 Å². The van der Waals surface area contributed by atoms with Crippen LogP contribution < -0.4 is 14.1 Å². The highest BCUT2D eigenvalue weighted by molar-refractivity contribution is 7.92. The van der Waals surface area contributed by atoms with Crippen LogP contribution in [0.4, 0.5) is 21.9 Å². The lowest BCUT2D eigenvalue weighted by atomic mass is 9.96. The molecule has 1 amide bonds. The normalized spacial score (nSPS) is 19.0. The third-order valence-electron chi connectivity index (χ3n) is 6.31. The number of anilines is 3. The molecule has 2 aliphatic heterocycles. The van der Waals surface area contributed by atoms with Gasteiger partial charge in [0.25, 0.3) is 0 Å². The summed E-state index contributed by atoms with van der Waals surface area (Å²) in [6.45, 7) is 8.20. The monoisotopic (exact) mass is 487 g/mol. The van der Waals surface area contributed by atoms with Crippen LogP contribution in [-0.2, 0) is 21.2 Å². The van der Waals surface area contributed by atoms with E-state index in [1.807, 2.05) is 62.1 Å². The summed E-state index contributed by atoms with van der Waals surface area (Å²) in [7, 11) is -3.33. The van der Waals surface area contributed by atoms with Gasteiger partial charge in [-0.05, 0) is 81.5 Å². The third kappa shape index (κ3) is 4.59. The Morgan fingerprint density at radius 3 is 2.32 bits per heavy atom. The van der Waals surface area contributed by atoms with E-state index in [4.69, 9.17) is 4.74 Å². The van der Waals surface area contributed by atoms with Crippen molar-refractivity contribution in [2.24, 2.45) is 0 Å². The smallest absolute Gasteiger partial charge is 0.414 e. The van der Waals surface area contributed by atoms with Crippen molar-refractivity contribution in [1.29, 1.82) is 0 Å². The number of hydrogen-bond donors (Lipinski definition) is 1. The molecule has 4 rings (SSSR count). The second-order valence-electron chi connectivity index (χ2n) is 9.42.